The average molecular weight is 666 g/mol. The van der Waals surface area contributed by atoms with Crippen molar-refractivity contribution in [3.8, 4) is 11.5 Å². The summed E-state index contributed by atoms with van der Waals surface area (Å²) in [5.41, 5.74) is 12.2. The summed E-state index contributed by atoms with van der Waals surface area (Å²) in [5, 5.41) is 0.873. The smallest absolute Gasteiger partial charge is 0.307 e. The van der Waals surface area contributed by atoms with E-state index in [2.05, 4.69) is 0 Å². The van der Waals surface area contributed by atoms with Crippen LogP contribution < -0.4 is 20.9 Å². The van der Waals surface area contributed by atoms with E-state index in [0.717, 1.165) is 11.1 Å². The Labute approximate surface area is 279 Å². The number of rotatable bonds is 15. The quantitative estimate of drug-likeness (QED) is 0.0989. The van der Waals surface area contributed by atoms with Crippen molar-refractivity contribution in [1.29, 1.82) is 0 Å². The molecule has 242 valence electrons. The number of hydrogen-bond acceptors (Lipinski definition) is 8. The highest BCUT2D eigenvalue weighted by molar-refractivity contribution is 6.32. The molecule has 0 fully saturated rings. The highest BCUT2D eigenvalue weighted by Gasteiger charge is 2.35. The summed E-state index contributed by atoms with van der Waals surface area (Å²) in [5.74, 6) is -0.396. The van der Waals surface area contributed by atoms with Gasteiger partial charge in [-0.2, -0.15) is 0 Å². The summed E-state index contributed by atoms with van der Waals surface area (Å²) in [6, 6.07) is 33.0. The predicted molar refractivity (Wildman–Crippen MR) is 178 cm³/mol. The second kappa shape index (κ2) is 16.0. The Morgan fingerprint density at radius 3 is 1.26 bits per heavy atom. The third-order valence-electron chi connectivity index (χ3n) is 7.39. The molecule has 0 saturated carbocycles. The maximum absolute atomic E-state index is 12.7. The van der Waals surface area contributed by atoms with Crippen molar-refractivity contribution >= 4 is 35.1 Å². The fourth-order valence-electron chi connectivity index (χ4n) is 5.07. The highest BCUT2D eigenvalue weighted by Crippen LogP contribution is 2.37. The molecule has 4 aromatic carbocycles. The summed E-state index contributed by atoms with van der Waals surface area (Å²) >= 11 is 12.7. The zero-order valence-electron chi connectivity index (χ0n) is 25.7. The molecular weight excluding hydrogens is 627 g/mol. The number of para-hydroxylation sites is 2. The highest BCUT2D eigenvalue weighted by atomic mass is 35.5. The normalized spacial score (nSPS) is 15.0. The number of carbonyl (C=O) groups is 2. The molecule has 0 bridgehead atoms. The van der Waals surface area contributed by atoms with Crippen LogP contribution in [0.1, 0.15) is 50.7 Å². The molecule has 10 heteroatoms. The van der Waals surface area contributed by atoms with Crippen LogP contribution in [0.3, 0.4) is 0 Å². The molecule has 0 aromatic heterocycles. The number of esters is 2. The maximum atomic E-state index is 12.7. The van der Waals surface area contributed by atoms with Gasteiger partial charge in [0.1, 0.15) is 22.7 Å². The van der Waals surface area contributed by atoms with E-state index in [4.69, 9.17) is 53.6 Å². The van der Waals surface area contributed by atoms with E-state index >= 15 is 0 Å². The van der Waals surface area contributed by atoms with E-state index in [-0.39, 0.29) is 25.7 Å². The number of benzene rings is 4. The van der Waals surface area contributed by atoms with E-state index in [9.17, 15) is 9.59 Å². The van der Waals surface area contributed by atoms with Crippen LogP contribution >= 0.6 is 23.2 Å². The van der Waals surface area contributed by atoms with Crippen molar-refractivity contribution < 1.29 is 28.5 Å². The van der Waals surface area contributed by atoms with Crippen molar-refractivity contribution in [2.24, 2.45) is 11.5 Å². The van der Waals surface area contributed by atoms with Crippen LogP contribution in [-0.2, 0) is 30.3 Å². The molecule has 0 aliphatic rings. The largest absolute Gasteiger partial charge is 0.481 e. The summed E-state index contributed by atoms with van der Waals surface area (Å²) < 4.78 is 23.6. The minimum atomic E-state index is -1.04. The molecule has 8 nitrogen and oxygen atoms in total. The summed E-state index contributed by atoms with van der Waals surface area (Å²) in [6.45, 7) is 3.69. The van der Waals surface area contributed by atoms with Gasteiger partial charge in [-0.05, 0) is 49.2 Å². The Bertz CT molecular complexity index is 1470. The summed E-state index contributed by atoms with van der Waals surface area (Å²) in [7, 11) is 0. The Hall–Kier alpha value is -4.08. The maximum Gasteiger partial charge on any atom is 0.307 e. The number of halogens is 2. The summed E-state index contributed by atoms with van der Waals surface area (Å²) in [4.78, 5) is 25.4. The standard InChI is InChI=1S/C36H38Cl2N2O6/c1-35(25-13-5-3-6-14-25,45-29-19-11-9-17-27(29)37)23-31(39)43-33(41)21-22-34(42)44-32(40)24-36(2,26-15-7-4-8-16-26)46-30-20-12-10-18-28(30)38/h3-20,31-32H,21-24,39-40H2,1-2H3. The van der Waals surface area contributed by atoms with Gasteiger partial charge in [0.05, 0.1) is 22.9 Å². The zero-order chi connectivity index (χ0) is 33.2. The number of hydrogen-bond donors (Lipinski definition) is 2. The van der Waals surface area contributed by atoms with Crippen LogP contribution in [0.15, 0.2) is 109 Å². The zero-order valence-corrected chi connectivity index (χ0v) is 27.2. The van der Waals surface area contributed by atoms with Crippen LogP contribution in [0.2, 0.25) is 10.0 Å². The molecule has 46 heavy (non-hydrogen) atoms. The van der Waals surface area contributed by atoms with Crippen molar-refractivity contribution in [2.75, 3.05) is 0 Å². The van der Waals surface area contributed by atoms with Crippen molar-refractivity contribution in [3.63, 3.8) is 0 Å². The molecule has 0 amide bonds. The number of ether oxygens (including phenoxy) is 4. The third-order valence-corrected chi connectivity index (χ3v) is 8.02. The average Bonchev–Trinajstić information content (AvgIpc) is 3.03. The molecule has 4 rings (SSSR count). The van der Waals surface area contributed by atoms with E-state index in [0.29, 0.717) is 21.5 Å². The Balaban J connectivity index is 1.32. The second-order valence-corrected chi connectivity index (χ2v) is 12.0. The van der Waals surface area contributed by atoms with Gasteiger partial charge in [0.15, 0.2) is 12.5 Å². The number of nitrogens with two attached hydrogens (primary N) is 2. The molecule has 0 heterocycles. The molecule has 0 saturated heterocycles. The van der Waals surface area contributed by atoms with E-state index in [1.165, 1.54) is 0 Å². The van der Waals surface area contributed by atoms with Crippen LogP contribution in [0, 0.1) is 0 Å². The molecule has 0 aliphatic heterocycles. The van der Waals surface area contributed by atoms with Gasteiger partial charge in [-0.1, -0.05) is 108 Å². The lowest BCUT2D eigenvalue weighted by molar-refractivity contribution is -0.158. The molecular formula is C36H38Cl2N2O6. The van der Waals surface area contributed by atoms with Crippen molar-refractivity contribution in [1.82, 2.24) is 0 Å². The lowest BCUT2D eigenvalue weighted by Crippen LogP contribution is -2.40. The Morgan fingerprint density at radius 1 is 0.587 bits per heavy atom. The fraction of sp³-hybridized carbons (Fsp3) is 0.278. The minimum Gasteiger partial charge on any atom is -0.481 e. The van der Waals surface area contributed by atoms with Gasteiger partial charge in [0.2, 0.25) is 0 Å². The van der Waals surface area contributed by atoms with Gasteiger partial charge in [-0.3, -0.25) is 21.1 Å². The van der Waals surface area contributed by atoms with Crippen molar-refractivity contribution in [2.45, 2.75) is 63.2 Å². The molecule has 0 aliphatic carbocycles. The van der Waals surface area contributed by atoms with Crippen LogP contribution in [0.25, 0.3) is 0 Å². The predicted octanol–water partition coefficient (Wildman–Crippen LogP) is 7.50. The number of carbonyl (C=O) groups excluding carboxylic acids is 2. The van der Waals surface area contributed by atoms with E-state index in [1.54, 1.807) is 36.4 Å². The Kier molecular flexibility index (Phi) is 12.1. The monoisotopic (exact) mass is 664 g/mol. The third kappa shape index (κ3) is 9.71. The lowest BCUT2D eigenvalue weighted by Gasteiger charge is -2.34. The molecule has 4 N–H and O–H groups in total. The first kappa shape index (κ1) is 34.8. The molecule has 0 spiro atoms. The van der Waals surface area contributed by atoms with Gasteiger partial charge in [-0.15, -0.1) is 0 Å². The van der Waals surface area contributed by atoms with Gasteiger partial charge in [0.25, 0.3) is 0 Å². The van der Waals surface area contributed by atoms with Crippen LogP contribution in [-0.4, -0.2) is 24.4 Å². The van der Waals surface area contributed by atoms with Crippen molar-refractivity contribution in [3.05, 3.63) is 130 Å². The van der Waals surface area contributed by atoms with Gasteiger partial charge in [-0.25, -0.2) is 0 Å². The molecule has 0 radical (unpaired) electrons. The second-order valence-electron chi connectivity index (χ2n) is 11.2. The van der Waals surface area contributed by atoms with Gasteiger partial charge >= 0.3 is 11.9 Å². The van der Waals surface area contributed by atoms with E-state index in [1.807, 2.05) is 86.6 Å². The first-order valence-electron chi connectivity index (χ1n) is 14.9. The summed E-state index contributed by atoms with van der Waals surface area (Å²) in [6.07, 6.45) is -2.34. The molecule has 4 aromatic rings. The fourth-order valence-corrected chi connectivity index (χ4v) is 5.42. The SMILES string of the molecule is CC(CC(N)OC(=O)CCC(=O)OC(N)CC(C)(Oc1ccccc1Cl)c1ccccc1)(Oc1ccccc1Cl)c1ccccc1. The molecule has 4 atom stereocenters. The Morgan fingerprint density at radius 2 is 0.913 bits per heavy atom. The topological polar surface area (TPSA) is 123 Å². The minimum absolute atomic E-state index is 0.118. The first-order valence-corrected chi connectivity index (χ1v) is 15.6. The molecule has 4 unspecified atom stereocenters. The van der Waals surface area contributed by atoms with Crippen LogP contribution in [0.4, 0.5) is 0 Å². The van der Waals surface area contributed by atoms with Crippen LogP contribution in [0.5, 0.6) is 11.5 Å². The first-order chi connectivity index (χ1) is 22.0. The lowest BCUT2D eigenvalue weighted by atomic mass is 9.91. The van der Waals surface area contributed by atoms with E-state index < -0.39 is 35.6 Å². The van der Waals surface area contributed by atoms with Gasteiger partial charge < -0.3 is 18.9 Å². The van der Waals surface area contributed by atoms with Gasteiger partial charge in [0, 0.05) is 12.8 Å².